The van der Waals surface area contributed by atoms with Crippen molar-refractivity contribution in [2.75, 3.05) is 7.11 Å². The van der Waals surface area contributed by atoms with Gasteiger partial charge in [-0.25, -0.2) is 4.68 Å². The van der Waals surface area contributed by atoms with Gasteiger partial charge in [-0.1, -0.05) is 24.5 Å². The summed E-state index contributed by atoms with van der Waals surface area (Å²) in [5.74, 6) is 0.542. The number of hydrogen-bond acceptors (Lipinski definition) is 4. The summed E-state index contributed by atoms with van der Waals surface area (Å²) >= 11 is 3.41. The van der Waals surface area contributed by atoms with Crippen molar-refractivity contribution in [1.82, 2.24) is 15.0 Å². The van der Waals surface area contributed by atoms with Gasteiger partial charge in [0.15, 0.2) is 4.60 Å². The number of nitrogens with two attached hydrogens (primary N) is 1. The summed E-state index contributed by atoms with van der Waals surface area (Å²) in [6.45, 7) is 0. The minimum atomic E-state index is -0.188. The lowest BCUT2D eigenvalue weighted by atomic mass is 9.82. The zero-order valence-corrected chi connectivity index (χ0v) is 12.6. The summed E-state index contributed by atoms with van der Waals surface area (Å²) in [5, 5.41) is 7.98. The lowest BCUT2D eigenvalue weighted by Crippen LogP contribution is -2.37. The highest BCUT2D eigenvalue weighted by atomic mass is 79.9. The van der Waals surface area contributed by atoms with E-state index >= 15 is 0 Å². The van der Waals surface area contributed by atoms with E-state index in [0.29, 0.717) is 5.92 Å². The minimum Gasteiger partial charge on any atom is -0.379 e. The molecule has 0 radical (unpaired) electrons. The van der Waals surface area contributed by atoms with Crippen LogP contribution >= 0.6 is 15.9 Å². The van der Waals surface area contributed by atoms with E-state index in [0.717, 1.165) is 10.3 Å². The second-order valence-corrected chi connectivity index (χ2v) is 5.76. The lowest BCUT2D eigenvalue weighted by Gasteiger charge is -2.33. The molecule has 0 bridgehead atoms. The monoisotopic (exact) mass is 316 g/mol. The fourth-order valence-electron chi connectivity index (χ4n) is 2.94. The Morgan fingerprint density at radius 3 is 2.56 bits per heavy atom. The molecule has 0 aromatic carbocycles. The van der Waals surface area contributed by atoms with E-state index < -0.39 is 0 Å². The van der Waals surface area contributed by atoms with Crippen LogP contribution in [-0.2, 0) is 11.8 Å². The molecule has 2 rings (SSSR count). The Kier molecular flexibility index (Phi) is 4.75. The minimum absolute atomic E-state index is 0.0406. The fraction of sp³-hybridized carbons (Fsp3) is 0.833. The number of halogens is 1. The molecule has 1 heterocycles. The predicted octanol–water partition coefficient (Wildman–Crippen LogP) is 2.17. The summed E-state index contributed by atoms with van der Waals surface area (Å²) in [6, 6.07) is -0.188. The number of ether oxygens (including phenoxy) is 1. The highest BCUT2D eigenvalue weighted by Crippen LogP contribution is 2.34. The summed E-state index contributed by atoms with van der Waals surface area (Å²) in [7, 11) is 3.61. The Morgan fingerprint density at radius 1 is 1.39 bits per heavy atom. The van der Waals surface area contributed by atoms with Gasteiger partial charge in [-0.05, 0) is 34.7 Å². The first-order chi connectivity index (χ1) is 8.65. The fourth-order valence-corrected chi connectivity index (χ4v) is 3.53. The van der Waals surface area contributed by atoms with E-state index in [2.05, 4.69) is 26.2 Å². The topological polar surface area (TPSA) is 66.0 Å². The molecule has 1 fully saturated rings. The number of aromatic nitrogens is 3. The largest absolute Gasteiger partial charge is 0.379 e. The van der Waals surface area contributed by atoms with Crippen LogP contribution in [0.3, 0.4) is 0 Å². The van der Waals surface area contributed by atoms with Crippen LogP contribution in [0, 0.1) is 5.92 Å². The molecule has 0 aliphatic heterocycles. The van der Waals surface area contributed by atoms with Crippen molar-refractivity contribution in [2.24, 2.45) is 18.7 Å². The predicted molar refractivity (Wildman–Crippen MR) is 73.0 cm³/mol. The van der Waals surface area contributed by atoms with Gasteiger partial charge >= 0.3 is 0 Å². The van der Waals surface area contributed by atoms with E-state index in [1.807, 2.05) is 7.05 Å². The zero-order chi connectivity index (χ0) is 13.1. The van der Waals surface area contributed by atoms with Crippen molar-refractivity contribution in [1.29, 1.82) is 0 Å². The third-order valence-electron chi connectivity index (χ3n) is 3.88. The van der Waals surface area contributed by atoms with Crippen LogP contribution < -0.4 is 5.73 Å². The number of methoxy groups -OCH3 is 1. The highest BCUT2D eigenvalue weighted by molar-refractivity contribution is 9.10. The van der Waals surface area contributed by atoms with Gasteiger partial charge < -0.3 is 10.5 Å². The SMILES string of the molecule is COC(C1CCCCC1)C(N)c1c(Br)nnn1C. The first-order valence-corrected chi connectivity index (χ1v) is 7.28. The molecule has 102 valence electrons. The van der Waals surface area contributed by atoms with Crippen molar-refractivity contribution in [2.45, 2.75) is 44.2 Å². The van der Waals surface area contributed by atoms with Gasteiger partial charge in [-0.2, -0.15) is 0 Å². The zero-order valence-electron chi connectivity index (χ0n) is 11.0. The van der Waals surface area contributed by atoms with Crippen molar-refractivity contribution in [3.05, 3.63) is 10.3 Å². The Bertz CT molecular complexity index is 370. The molecule has 5 nitrogen and oxygen atoms in total. The second kappa shape index (κ2) is 6.12. The van der Waals surface area contributed by atoms with Crippen LogP contribution in [0.25, 0.3) is 0 Å². The lowest BCUT2D eigenvalue weighted by molar-refractivity contribution is 0.0154. The Labute approximate surface area is 116 Å². The maximum Gasteiger partial charge on any atom is 0.153 e. The summed E-state index contributed by atoms with van der Waals surface area (Å²) in [5.41, 5.74) is 7.28. The Morgan fingerprint density at radius 2 is 2.06 bits per heavy atom. The molecule has 0 amide bonds. The molecule has 1 aromatic rings. The molecule has 2 unspecified atom stereocenters. The standard InChI is InChI=1S/C12H21BrN4O/c1-17-10(12(13)15-16-17)9(14)11(18-2)8-6-4-3-5-7-8/h8-9,11H,3-7,14H2,1-2H3. The second-order valence-electron chi connectivity index (χ2n) is 5.01. The first-order valence-electron chi connectivity index (χ1n) is 6.48. The molecule has 1 aliphatic carbocycles. The van der Waals surface area contributed by atoms with Crippen LogP contribution in [0.4, 0.5) is 0 Å². The smallest absolute Gasteiger partial charge is 0.153 e. The average Bonchev–Trinajstić information content (AvgIpc) is 2.71. The number of aryl methyl sites for hydroxylation is 1. The van der Waals surface area contributed by atoms with Gasteiger partial charge in [0.25, 0.3) is 0 Å². The number of nitrogens with zero attached hydrogens (tertiary/aromatic N) is 3. The molecule has 2 N–H and O–H groups in total. The van der Waals surface area contributed by atoms with Crippen LogP contribution in [0.5, 0.6) is 0 Å². The molecule has 6 heteroatoms. The molecule has 0 spiro atoms. The Hall–Kier alpha value is -0.460. The summed E-state index contributed by atoms with van der Waals surface area (Å²) < 4.78 is 8.11. The average molecular weight is 317 g/mol. The third kappa shape index (κ3) is 2.75. The van der Waals surface area contributed by atoms with Crippen molar-refractivity contribution < 1.29 is 4.74 Å². The van der Waals surface area contributed by atoms with Gasteiger partial charge in [-0.3, -0.25) is 0 Å². The number of rotatable bonds is 4. The van der Waals surface area contributed by atoms with Crippen LogP contribution in [0.15, 0.2) is 4.60 Å². The molecular weight excluding hydrogens is 296 g/mol. The molecule has 2 atom stereocenters. The number of hydrogen-bond donors (Lipinski definition) is 1. The normalized spacial score (nSPS) is 20.9. The summed E-state index contributed by atoms with van der Waals surface area (Å²) in [4.78, 5) is 0. The van der Waals surface area contributed by atoms with Crippen LogP contribution in [-0.4, -0.2) is 28.2 Å². The molecule has 0 saturated heterocycles. The van der Waals surface area contributed by atoms with E-state index in [1.165, 1.54) is 32.1 Å². The maximum atomic E-state index is 6.37. The molecular formula is C12H21BrN4O. The maximum absolute atomic E-state index is 6.37. The van der Waals surface area contributed by atoms with Crippen LogP contribution in [0.2, 0.25) is 0 Å². The van der Waals surface area contributed by atoms with Gasteiger partial charge in [0.05, 0.1) is 17.8 Å². The van der Waals surface area contributed by atoms with Crippen molar-refractivity contribution >= 4 is 15.9 Å². The molecule has 1 aliphatic rings. The molecule has 1 aromatic heterocycles. The quantitative estimate of drug-likeness (QED) is 0.924. The van der Waals surface area contributed by atoms with Crippen molar-refractivity contribution in [3.63, 3.8) is 0 Å². The first kappa shape index (κ1) is 14.0. The highest BCUT2D eigenvalue weighted by Gasteiger charge is 2.32. The third-order valence-corrected chi connectivity index (χ3v) is 4.45. The van der Waals surface area contributed by atoms with Crippen molar-refractivity contribution in [3.8, 4) is 0 Å². The van der Waals surface area contributed by atoms with Gasteiger partial charge in [0.1, 0.15) is 0 Å². The van der Waals surface area contributed by atoms with E-state index in [4.69, 9.17) is 10.5 Å². The van der Waals surface area contributed by atoms with Gasteiger partial charge in [-0.15, -0.1) is 5.10 Å². The van der Waals surface area contributed by atoms with E-state index in [9.17, 15) is 0 Å². The molecule has 1 saturated carbocycles. The molecule has 18 heavy (non-hydrogen) atoms. The van der Waals surface area contributed by atoms with Gasteiger partial charge in [0.2, 0.25) is 0 Å². The summed E-state index contributed by atoms with van der Waals surface area (Å²) in [6.07, 6.45) is 6.34. The van der Waals surface area contributed by atoms with Crippen LogP contribution in [0.1, 0.15) is 43.8 Å². The van der Waals surface area contributed by atoms with E-state index in [1.54, 1.807) is 11.8 Å². The van der Waals surface area contributed by atoms with E-state index in [-0.39, 0.29) is 12.1 Å². The Balaban J connectivity index is 2.16. The van der Waals surface area contributed by atoms with Gasteiger partial charge in [0, 0.05) is 14.2 Å².